The lowest BCUT2D eigenvalue weighted by molar-refractivity contribution is 0.0248. The Labute approximate surface area is 121 Å². The van der Waals surface area contributed by atoms with Crippen LogP contribution in [0.1, 0.15) is 34.5 Å². The summed E-state index contributed by atoms with van der Waals surface area (Å²) in [4.78, 5) is 12.1. The fourth-order valence-corrected chi connectivity index (χ4v) is 3.16. The van der Waals surface area contributed by atoms with Gasteiger partial charge in [-0.15, -0.1) is 11.3 Å². The minimum Gasteiger partial charge on any atom is -0.396 e. The summed E-state index contributed by atoms with van der Waals surface area (Å²) in [7, 11) is 1.54. The first-order chi connectivity index (χ1) is 9.67. The first-order valence-electron chi connectivity index (χ1n) is 6.57. The summed E-state index contributed by atoms with van der Waals surface area (Å²) < 4.78 is 5.63. The summed E-state index contributed by atoms with van der Waals surface area (Å²) in [6, 6.07) is 2.05. The molecule has 7 heteroatoms. The van der Waals surface area contributed by atoms with E-state index in [1.54, 1.807) is 0 Å². The molecule has 1 fully saturated rings. The first-order valence-corrected chi connectivity index (χ1v) is 7.39. The number of nitrogen functional groups attached to an aromatic ring is 1. The van der Waals surface area contributed by atoms with Gasteiger partial charge in [-0.25, -0.2) is 0 Å². The van der Waals surface area contributed by atoms with E-state index in [1.165, 1.54) is 18.4 Å². The van der Waals surface area contributed by atoms with Crippen LogP contribution in [-0.4, -0.2) is 32.2 Å². The van der Waals surface area contributed by atoms with Gasteiger partial charge in [0, 0.05) is 20.2 Å². The molecule has 0 bridgehead atoms. The standard InChI is InChI=1S/C13H18N4O2S/c1-16-12(18)11-10(15)9(6-14)13(20-11)17-7-8-4-2-3-5-19-8/h8,17H,2-5,7,15H2,1H3,(H,16,18). The van der Waals surface area contributed by atoms with Gasteiger partial charge >= 0.3 is 0 Å². The highest BCUT2D eigenvalue weighted by Gasteiger charge is 2.21. The molecule has 1 amide bonds. The number of carbonyl (C=O) groups excluding carboxylic acids is 1. The van der Waals surface area contributed by atoms with E-state index >= 15 is 0 Å². The highest BCUT2D eigenvalue weighted by Crippen LogP contribution is 2.35. The lowest BCUT2D eigenvalue weighted by Gasteiger charge is -2.22. The fraction of sp³-hybridized carbons (Fsp3) is 0.538. The fourth-order valence-electron chi connectivity index (χ4n) is 2.14. The quantitative estimate of drug-likeness (QED) is 0.782. The Balaban J connectivity index is 2.10. The molecule has 0 radical (unpaired) electrons. The van der Waals surface area contributed by atoms with E-state index < -0.39 is 0 Å². The van der Waals surface area contributed by atoms with Gasteiger partial charge in [0.15, 0.2) is 0 Å². The van der Waals surface area contributed by atoms with Crippen LogP contribution in [0.5, 0.6) is 0 Å². The van der Waals surface area contributed by atoms with Crippen molar-refractivity contribution < 1.29 is 9.53 Å². The van der Waals surface area contributed by atoms with Gasteiger partial charge in [0.05, 0.1) is 11.8 Å². The summed E-state index contributed by atoms with van der Waals surface area (Å²) in [5.41, 5.74) is 6.43. The number of nitrogens with one attached hydrogen (secondary N) is 2. The van der Waals surface area contributed by atoms with Crippen molar-refractivity contribution in [1.82, 2.24) is 5.32 Å². The summed E-state index contributed by atoms with van der Waals surface area (Å²) in [5, 5.41) is 15.5. The van der Waals surface area contributed by atoms with Crippen LogP contribution in [0.15, 0.2) is 0 Å². The molecule has 0 saturated carbocycles. The number of nitriles is 1. The second-order valence-corrected chi connectivity index (χ2v) is 5.63. The van der Waals surface area contributed by atoms with Crippen LogP contribution in [0.2, 0.25) is 0 Å². The molecule has 1 aliphatic rings. The molecular weight excluding hydrogens is 276 g/mol. The average Bonchev–Trinajstić information content (AvgIpc) is 2.81. The van der Waals surface area contributed by atoms with Gasteiger partial charge in [-0.05, 0) is 19.3 Å². The number of anilines is 2. The monoisotopic (exact) mass is 294 g/mol. The van der Waals surface area contributed by atoms with E-state index in [0.717, 1.165) is 25.9 Å². The van der Waals surface area contributed by atoms with Gasteiger partial charge in [-0.3, -0.25) is 4.79 Å². The van der Waals surface area contributed by atoms with Crippen molar-refractivity contribution in [3.8, 4) is 6.07 Å². The van der Waals surface area contributed by atoms with E-state index in [4.69, 9.17) is 10.5 Å². The van der Waals surface area contributed by atoms with Gasteiger partial charge < -0.3 is 21.1 Å². The highest BCUT2D eigenvalue weighted by atomic mass is 32.1. The van der Waals surface area contributed by atoms with Gasteiger partial charge in [-0.2, -0.15) is 5.26 Å². The maximum absolute atomic E-state index is 11.7. The normalized spacial score (nSPS) is 18.3. The maximum atomic E-state index is 11.7. The highest BCUT2D eigenvalue weighted by molar-refractivity contribution is 7.18. The lowest BCUT2D eigenvalue weighted by atomic mass is 10.1. The van der Waals surface area contributed by atoms with E-state index in [2.05, 4.69) is 16.7 Å². The predicted molar refractivity (Wildman–Crippen MR) is 78.9 cm³/mol. The van der Waals surface area contributed by atoms with Crippen LogP contribution in [0.25, 0.3) is 0 Å². The molecule has 0 aliphatic carbocycles. The first kappa shape index (κ1) is 14.6. The van der Waals surface area contributed by atoms with Crippen molar-refractivity contribution in [2.75, 3.05) is 31.2 Å². The molecule has 20 heavy (non-hydrogen) atoms. The molecule has 0 aromatic carbocycles. The van der Waals surface area contributed by atoms with Gasteiger partial charge in [0.2, 0.25) is 0 Å². The van der Waals surface area contributed by atoms with Crippen molar-refractivity contribution in [3.63, 3.8) is 0 Å². The summed E-state index contributed by atoms with van der Waals surface area (Å²) in [6.45, 7) is 1.41. The minimum absolute atomic E-state index is 0.155. The van der Waals surface area contributed by atoms with Crippen LogP contribution in [0.4, 0.5) is 10.7 Å². The molecule has 1 atom stereocenters. The molecule has 0 spiro atoms. The Morgan fingerprint density at radius 1 is 1.60 bits per heavy atom. The van der Waals surface area contributed by atoms with E-state index in [1.807, 2.05) is 0 Å². The zero-order chi connectivity index (χ0) is 14.5. The van der Waals surface area contributed by atoms with E-state index in [9.17, 15) is 10.1 Å². The van der Waals surface area contributed by atoms with Gasteiger partial charge in [-0.1, -0.05) is 0 Å². The second kappa shape index (κ2) is 6.59. The molecule has 1 unspecified atom stereocenters. The molecule has 1 aromatic rings. The topological polar surface area (TPSA) is 100 Å². The smallest absolute Gasteiger partial charge is 0.263 e. The third kappa shape index (κ3) is 3.03. The maximum Gasteiger partial charge on any atom is 0.263 e. The number of hydrogen-bond acceptors (Lipinski definition) is 6. The molecule has 1 aromatic heterocycles. The Morgan fingerprint density at radius 3 is 3.00 bits per heavy atom. The molecule has 2 heterocycles. The van der Waals surface area contributed by atoms with Crippen LogP contribution in [-0.2, 0) is 4.74 Å². The third-order valence-electron chi connectivity index (χ3n) is 3.25. The molecule has 4 N–H and O–H groups in total. The Kier molecular flexibility index (Phi) is 4.82. The van der Waals surface area contributed by atoms with E-state index in [-0.39, 0.29) is 17.7 Å². The summed E-state index contributed by atoms with van der Waals surface area (Å²) >= 11 is 1.21. The minimum atomic E-state index is -0.272. The third-order valence-corrected chi connectivity index (χ3v) is 4.42. The molecule has 1 saturated heterocycles. The lowest BCUT2D eigenvalue weighted by Crippen LogP contribution is -2.26. The van der Waals surface area contributed by atoms with Crippen LogP contribution < -0.4 is 16.4 Å². The van der Waals surface area contributed by atoms with Crippen molar-refractivity contribution >= 4 is 27.9 Å². The average molecular weight is 294 g/mol. The Morgan fingerprint density at radius 2 is 2.40 bits per heavy atom. The Bertz CT molecular complexity index is 529. The zero-order valence-corrected chi connectivity index (χ0v) is 12.2. The van der Waals surface area contributed by atoms with Crippen molar-refractivity contribution in [2.24, 2.45) is 0 Å². The molecule has 2 rings (SSSR count). The van der Waals surface area contributed by atoms with Crippen molar-refractivity contribution in [1.29, 1.82) is 5.26 Å². The van der Waals surface area contributed by atoms with E-state index in [0.29, 0.717) is 22.0 Å². The number of nitrogens with two attached hydrogens (primary N) is 1. The number of carbonyl (C=O) groups is 1. The van der Waals surface area contributed by atoms with Crippen LogP contribution in [0.3, 0.4) is 0 Å². The molecule has 108 valence electrons. The number of rotatable bonds is 4. The molecule has 6 nitrogen and oxygen atoms in total. The van der Waals surface area contributed by atoms with Crippen molar-refractivity contribution in [2.45, 2.75) is 25.4 Å². The predicted octanol–water partition coefficient (Wildman–Crippen LogP) is 1.54. The second-order valence-electron chi connectivity index (χ2n) is 4.61. The number of hydrogen-bond donors (Lipinski definition) is 3. The zero-order valence-electron chi connectivity index (χ0n) is 11.4. The largest absolute Gasteiger partial charge is 0.396 e. The number of nitrogens with zero attached hydrogens (tertiary/aromatic N) is 1. The van der Waals surface area contributed by atoms with Crippen LogP contribution in [0, 0.1) is 11.3 Å². The SMILES string of the molecule is CNC(=O)c1sc(NCC2CCCCO2)c(C#N)c1N. The summed E-state index contributed by atoms with van der Waals surface area (Å²) in [5.74, 6) is -0.272. The summed E-state index contributed by atoms with van der Waals surface area (Å²) in [6.07, 6.45) is 3.43. The number of amides is 1. The number of ether oxygens (including phenoxy) is 1. The number of thiophene rings is 1. The van der Waals surface area contributed by atoms with Gasteiger partial charge in [0.1, 0.15) is 21.5 Å². The van der Waals surface area contributed by atoms with Gasteiger partial charge in [0.25, 0.3) is 5.91 Å². The molecule has 1 aliphatic heterocycles. The Hall–Kier alpha value is -1.78. The molecular formula is C13H18N4O2S. The van der Waals surface area contributed by atoms with Crippen LogP contribution >= 0.6 is 11.3 Å². The van der Waals surface area contributed by atoms with Crippen molar-refractivity contribution in [3.05, 3.63) is 10.4 Å².